The number of aromatic nitrogens is 6. The minimum Gasteiger partial charge on any atom is -0.477 e. The number of nitrogens with zero attached hydrogens (tertiary/aromatic N) is 8. The van der Waals surface area contributed by atoms with Crippen LogP contribution in [0.1, 0.15) is 57.5 Å². The largest absolute Gasteiger partial charge is 1.00 e. The van der Waals surface area contributed by atoms with Gasteiger partial charge in [-0.1, -0.05) is 59.6 Å². The van der Waals surface area contributed by atoms with Gasteiger partial charge in [0, 0.05) is 76.5 Å². The van der Waals surface area contributed by atoms with Gasteiger partial charge in [-0.25, -0.2) is 19.2 Å². The molecule has 6 heterocycles. The van der Waals surface area contributed by atoms with Gasteiger partial charge in [-0.05, 0) is 48.9 Å². The van der Waals surface area contributed by atoms with Crippen molar-refractivity contribution in [1.82, 2.24) is 27.4 Å². The van der Waals surface area contributed by atoms with Gasteiger partial charge in [0.1, 0.15) is 33.8 Å². The van der Waals surface area contributed by atoms with Gasteiger partial charge in [0.05, 0.1) is 31.2 Å². The van der Waals surface area contributed by atoms with Crippen molar-refractivity contribution in [1.29, 1.82) is 0 Å². The van der Waals surface area contributed by atoms with Crippen LogP contribution in [-0.2, 0) is 46.0 Å². The molecule has 4 aromatic heterocycles. The molecule has 0 saturated carbocycles. The van der Waals surface area contributed by atoms with Gasteiger partial charge in [0.25, 0.3) is 11.1 Å². The Balaban J connectivity index is 0.000000237. The zero-order valence-electron chi connectivity index (χ0n) is 37.0. The van der Waals surface area contributed by atoms with Gasteiger partial charge < -0.3 is 40.2 Å². The maximum absolute atomic E-state index is 13.3. The summed E-state index contributed by atoms with van der Waals surface area (Å²) in [6, 6.07) is 14.3. The van der Waals surface area contributed by atoms with E-state index in [4.69, 9.17) is 39.4 Å². The summed E-state index contributed by atoms with van der Waals surface area (Å²) in [5.41, 5.74) is 12.6. The van der Waals surface area contributed by atoms with E-state index in [-0.39, 0.29) is 100 Å². The van der Waals surface area contributed by atoms with Crippen molar-refractivity contribution in [3.05, 3.63) is 123 Å². The molecular weight excluding hydrogens is 914 g/mol. The predicted octanol–water partition coefficient (Wildman–Crippen LogP) is 0.246. The average molecular weight is 965 g/mol. The smallest absolute Gasteiger partial charge is 0.477 e. The van der Waals surface area contributed by atoms with Gasteiger partial charge in [-0.3, -0.25) is 27.9 Å². The molecule has 2 aliphatic rings. The van der Waals surface area contributed by atoms with Crippen LogP contribution < -0.4 is 73.3 Å². The van der Waals surface area contributed by atoms with Crippen LogP contribution in [0.5, 0.6) is 0 Å². The molecule has 2 saturated heterocycles. The minimum atomic E-state index is -1.21. The zero-order chi connectivity index (χ0) is 45.6. The van der Waals surface area contributed by atoms with E-state index < -0.39 is 34.4 Å². The molecule has 5 N–H and O–H groups in total. The molecule has 8 rings (SSSR count). The first-order chi connectivity index (χ1) is 30.0. The Labute approximate surface area is 411 Å². The van der Waals surface area contributed by atoms with Crippen molar-refractivity contribution in [2.24, 2.45) is 39.7 Å². The van der Waals surface area contributed by atoms with Gasteiger partial charge in [-0.15, -0.1) is 12.4 Å². The first-order valence-corrected chi connectivity index (χ1v) is 21.2. The molecule has 2 atom stereocenters. The number of rotatable bonds is 8. The van der Waals surface area contributed by atoms with Crippen LogP contribution in [0.4, 0.5) is 11.6 Å². The topological polar surface area (TPSA) is 220 Å². The summed E-state index contributed by atoms with van der Waals surface area (Å²) in [6.45, 7) is 2.63. The van der Waals surface area contributed by atoms with Gasteiger partial charge in [0.15, 0.2) is 0 Å². The Morgan fingerprint density at radius 3 is 1.42 bits per heavy atom. The zero-order valence-corrected chi connectivity index (χ0v) is 41.4. The molecule has 0 radical (unpaired) electrons. The van der Waals surface area contributed by atoms with Crippen molar-refractivity contribution in [2.75, 3.05) is 43.1 Å². The van der Waals surface area contributed by atoms with E-state index in [9.17, 15) is 33.9 Å². The molecule has 65 heavy (non-hydrogen) atoms. The summed E-state index contributed by atoms with van der Waals surface area (Å²) in [5.74, 6) is -0.943. The molecular formula is C43H51Cl3N10NaO8+. The van der Waals surface area contributed by atoms with E-state index >= 15 is 0 Å². The first kappa shape index (κ1) is 51.2. The second-order valence-corrected chi connectivity index (χ2v) is 16.9. The van der Waals surface area contributed by atoms with E-state index in [1.54, 1.807) is 34.4 Å². The summed E-state index contributed by atoms with van der Waals surface area (Å²) in [4.78, 5) is 81.2. The number of fused-ring (bicyclic) bond motifs is 2. The Hall–Kier alpha value is -4.79. The molecule has 0 amide bonds. The molecule has 18 nitrogen and oxygen atoms in total. The van der Waals surface area contributed by atoms with Crippen LogP contribution >= 0.6 is 35.6 Å². The second kappa shape index (κ2) is 20.8. The average Bonchev–Trinajstić information content (AvgIpc) is 3.79. The van der Waals surface area contributed by atoms with Gasteiger partial charge in [0.2, 0.25) is 0 Å². The number of methoxy groups -OCH3 is 1. The summed E-state index contributed by atoms with van der Waals surface area (Å²) in [7, 11) is 7.10. The number of carbonyl (C=O) groups is 2. The number of ether oxygens (including phenoxy) is 1. The Morgan fingerprint density at radius 2 is 1.05 bits per heavy atom. The normalized spacial score (nSPS) is 16.1. The van der Waals surface area contributed by atoms with E-state index in [2.05, 4.69) is 0 Å². The number of carbonyl (C=O) groups excluding carboxylic acids is 1. The van der Waals surface area contributed by atoms with Crippen LogP contribution in [0.15, 0.2) is 67.7 Å². The van der Waals surface area contributed by atoms with Crippen LogP contribution in [0.25, 0.3) is 22.1 Å². The van der Waals surface area contributed by atoms with Gasteiger partial charge >= 0.3 is 52.9 Å². The van der Waals surface area contributed by atoms with E-state index in [1.807, 2.05) is 40.1 Å². The monoisotopic (exact) mass is 963 g/mol. The molecule has 0 bridgehead atoms. The van der Waals surface area contributed by atoms with Crippen molar-refractivity contribution in [3.63, 3.8) is 0 Å². The Morgan fingerprint density at radius 1 is 0.662 bits per heavy atom. The fraction of sp³-hybridized carbons (Fsp3) is 0.395. The Bertz CT molecular complexity index is 3050. The summed E-state index contributed by atoms with van der Waals surface area (Å²) < 4.78 is 13.1. The van der Waals surface area contributed by atoms with Crippen molar-refractivity contribution in [3.8, 4) is 0 Å². The van der Waals surface area contributed by atoms with Crippen LogP contribution in [0.3, 0.4) is 0 Å². The van der Waals surface area contributed by atoms with Crippen molar-refractivity contribution < 1.29 is 49.0 Å². The number of hydrogen-bond acceptors (Lipinski definition) is 11. The molecule has 2 fully saturated rings. The second-order valence-electron chi connectivity index (χ2n) is 16.1. The quantitative estimate of drug-likeness (QED) is 0.138. The predicted molar refractivity (Wildman–Crippen MR) is 250 cm³/mol. The van der Waals surface area contributed by atoms with E-state index in [0.717, 1.165) is 45.9 Å². The van der Waals surface area contributed by atoms with Gasteiger partial charge in [-0.2, -0.15) is 0 Å². The summed E-state index contributed by atoms with van der Waals surface area (Å²) in [6.07, 6.45) is 3.34. The SMILES string of the molecule is COC(=O)c1c(N2CCC[C@@H](N)C2)n(Cc2ccccc2Cl)c2c(=O)n(C)c(=O)n(C)c12.Cl.Cn1c(=O)c2c(c(C(=O)O)c(N3CCC[C@@H](N)C3)n2Cc2ccccc2Cl)n(C)c1=O.[Na+]. The third kappa shape index (κ3) is 9.45. The standard InChI is InChI=1S/C22H26ClN5O4.C21H24ClN5O4.ClH.Na/c1-25-17-16(21(30)32-3)19(27-10-6-8-14(24)12-27)28(11-13-7-4-5-9-15(13)23)18(17)20(29)26(2)22(25)31;1-24-16-15(20(29)30)18(26-9-5-7-13(23)11-26)27(10-12-6-3-4-8-14(12)22)17(16)19(28)25(2)21(24)31;;/h4-5,7,9,14H,6,8,10-12,24H2,1-3H3;3-4,6,8,13H,5,7,9-11,23H2,1-2H3,(H,29,30);1H;/q;;;+1/t14-;13-;;/m11../s1. The number of carboxylic acids is 1. The number of anilines is 2. The molecule has 0 aliphatic carbocycles. The molecule has 0 spiro atoms. The minimum absolute atomic E-state index is 0. The third-order valence-electron chi connectivity index (χ3n) is 11.9. The summed E-state index contributed by atoms with van der Waals surface area (Å²) >= 11 is 12.8. The number of hydrogen-bond donors (Lipinski definition) is 3. The number of aryl methyl sites for hydroxylation is 2. The fourth-order valence-corrected chi connectivity index (χ4v) is 9.25. The number of nitrogens with two attached hydrogens (primary N) is 2. The molecule has 2 aliphatic heterocycles. The fourth-order valence-electron chi connectivity index (χ4n) is 8.86. The van der Waals surface area contributed by atoms with Crippen molar-refractivity contribution in [2.45, 2.75) is 50.9 Å². The van der Waals surface area contributed by atoms with Crippen LogP contribution in [0, 0.1) is 0 Å². The Kier molecular flexibility index (Phi) is 16.4. The van der Waals surface area contributed by atoms with Crippen molar-refractivity contribution >= 4 is 81.3 Å². The number of piperidine rings is 2. The van der Waals surface area contributed by atoms with Crippen LogP contribution in [-0.4, -0.2) is 89.8 Å². The van der Waals surface area contributed by atoms with E-state index in [1.165, 1.54) is 37.4 Å². The van der Waals surface area contributed by atoms with E-state index in [0.29, 0.717) is 47.9 Å². The number of esters is 1. The first-order valence-electron chi connectivity index (χ1n) is 20.4. The van der Waals surface area contributed by atoms with Crippen LogP contribution in [0.2, 0.25) is 10.0 Å². The molecule has 0 unspecified atom stereocenters. The molecule has 342 valence electrons. The number of aromatic carboxylic acids is 1. The molecule has 2 aromatic carbocycles. The number of benzene rings is 2. The molecule has 22 heteroatoms. The molecule has 6 aromatic rings. The summed E-state index contributed by atoms with van der Waals surface area (Å²) in [5, 5.41) is 11.2. The maximum atomic E-state index is 13.3. The number of carboxylic acid groups (broad SMARTS) is 1. The number of halogens is 3. The third-order valence-corrected chi connectivity index (χ3v) is 12.7. The maximum Gasteiger partial charge on any atom is 1.00 e.